The molecule has 0 atom stereocenters. The molecule has 0 aliphatic heterocycles. The van der Waals surface area contributed by atoms with Gasteiger partial charge in [0.2, 0.25) is 0 Å². The number of nitrogens with zero attached hydrogens (tertiary/aromatic N) is 1. The highest BCUT2D eigenvalue weighted by Crippen LogP contribution is 2.18. The molecule has 0 bridgehead atoms. The van der Waals surface area contributed by atoms with Gasteiger partial charge in [-0.15, -0.1) is 0 Å². The van der Waals surface area contributed by atoms with Crippen molar-refractivity contribution in [2.75, 3.05) is 5.32 Å². The molecule has 0 amide bonds. The van der Waals surface area contributed by atoms with Gasteiger partial charge in [-0.1, -0.05) is 6.07 Å². The van der Waals surface area contributed by atoms with Crippen LogP contribution in [0.5, 0.6) is 0 Å². The molecule has 0 radical (unpaired) electrons. The number of rotatable bonds is 3. The first-order chi connectivity index (χ1) is 8.56. The van der Waals surface area contributed by atoms with E-state index in [1.807, 2.05) is 13.0 Å². The number of nitrogens with one attached hydrogen (secondary N) is 1. The molecule has 0 fully saturated rings. The number of aromatic nitrogens is 1. The van der Waals surface area contributed by atoms with E-state index in [-0.39, 0.29) is 0 Å². The Morgan fingerprint density at radius 3 is 2.67 bits per heavy atom. The molecule has 0 saturated heterocycles. The number of halogens is 3. The standard InChI is InChI=1S/C13H11BrF2N2/c1-8-4-10(14)7-18-13(8)17-6-9-2-3-11(15)12(16)5-9/h2-5,7H,6H2,1H3,(H,17,18). The van der Waals surface area contributed by atoms with Crippen LogP contribution in [0.1, 0.15) is 11.1 Å². The molecule has 2 aromatic rings. The second-order valence-corrected chi connectivity index (χ2v) is 4.84. The average Bonchev–Trinajstić information content (AvgIpc) is 2.32. The van der Waals surface area contributed by atoms with Crippen LogP contribution in [0.2, 0.25) is 0 Å². The monoisotopic (exact) mass is 312 g/mol. The van der Waals surface area contributed by atoms with Crippen LogP contribution in [0.25, 0.3) is 0 Å². The van der Waals surface area contributed by atoms with Crippen LogP contribution in [0, 0.1) is 18.6 Å². The van der Waals surface area contributed by atoms with Crippen LogP contribution >= 0.6 is 15.9 Å². The summed E-state index contributed by atoms with van der Waals surface area (Å²) < 4.78 is 26.7. The first kappa shape index (κ1) is 13.0. The molecule has 94 valence electrons. The van der Waals surface area contributed by atoms with Gasteiger partial charge < -0.3 is 5.32 Å². The molecule has 18 heavy (non-hydrogen) atoms. The molecule has 0 unspecified atom stereocenters. The SMILES string of the molecule is Cc1cc(Br)cnc1NCc1ccc(F)c(F)c1. The summed E-state index contributed by atoms with van der Waals surface area (Å²) in [7, 11) is 0. The van der Waals surface area contributed by atoms with E-state index >= 15 is 0 Å². The number of pyridine rings is 1. The van der Waals surface area contributed by atoms with Gasteiger partial charge in [0, 0.05) is 17.2 Å². The highest BCUT2D eigenvalue weighted by atomic mass is 79.9. The van der Waals surface area contributed by atoms with Crippen molar-refractivity contribution in [3.05, 3.63) is 57.7 Å². The minimum Gasteiger partial charge on any atom is -0.366 e. The average molecular weight is 313 g/mol. The van der Waals surface area contributed by atoms with E-state index in [0.717, 1.165) is 21.9 Å². The van der Waals surface area contributed by atoms with E-state index in [4.69, 9.17) is 0 Å². The largest absolute Gasteiger partial charge is 0.366 e. The molecule has 1 N–H and O–H groups in total. The zero-order valence-electron chi connectivity index (χ0n) is 9.67. The molecule has 0 aliphatic carbocycles. The fraction of sp³-hybridized carbons (Fsp3) is 0.154. The predicted octanol–water partition coefficient (Wildman–Crippen LogP) is 4.04. The van der Waals surface area contributed by atoms with Gasteiger partial charge in [0.1, 0.15) is 5.82 Å². The summed E-state index contributed by atoms with van der Waals surface area (Å²) in [5.41, 5.74) is 1.64. The second-order valence-electron chi connectivity index (χ2n) is 3.92. The normalized spacial score (nSPS) is 10.4. The van der Waals surface area contributed by atoms with Crippen molar-refractivity contribution in [2.45, 2.75) is 13.5 Å². The molecule has 1 heterocycles. The summed E-state index contributed by atoms with van der Waals surface area (Å²) in [6.45, 7) is 2.32. The highest BCUT2D eigenvalue weighted by molar-refractivity contribution is 9.10. The first-order valence-electron chi connectivity index (χ1n) is 5.36. The van der Waals surface area contributed by atoms with Gasteiger partial charge in [-0.3, -0.25) is 0 Å². The maximum absolute atomic E-state index is 13.0. The van der Waals surface area contributed by atoms with E-state index in [0.29, 0.717) is 12.1 Å². The van der Waals surface area contributed by atoms with Crippen LogP contribution < -0.4 is 5.32 Å². The molecule has 1 aromatic carbocycles. The number of hydrogen-bond donors (Lipinski definition) is 1. The Balaban J connectivity index is 2.09. The van der Waals surface area contributed by atoms with Crippen molar-refractivity contribution < 1.29 is 8.78 Å². The van der Waals surface area contributed by atoms with Gasteiger partial charge in [-0.25, -0.2) is 13.8 Å². The van der Waals surface area contributed by atoms with Crippen molar-refractivity contribution >= 4 is 21.7 Å². The van der Waals surface area contributed by atoms with Gasteiger partial charge in [-0.05, 0) is 52.2 Å². The van der Waals surface area contributed by atoms with Crippen molar-refractivity contribution in [1.82, 2.24) is 4.98 Å². The molecular formula is C13H11BrF2N2. The maximum Gasteiger partial charge on any atom is 0.159 e. The molecule has 5 heteroatoms. The molecular weight excluding hydrogens is 302 g/mol. The lowest BCUT2D eigenvalue weighted by atomic mass is 10.2. The fourth-order valence-corrected chi connectivity index (χ4v) is 2.01. The Hall–Kier alpha value is -1.49. The summed E-state index contributed by atoms with van der Waals surface area (Å²) in [5.74, 6) is -0.950. The fourth-order valence-electron chi connectivity index (χ4n) is 1.56. The quantitative estimate of drug-likeness (QED) is 0.925. The van der Waals surface area contributed by atoms with Crippen molar-refractivity contribution in [3.8, 4) is 0 Å². The summed E-state index contributed by atoms with van der Waals surface area (Å²) in [6.07, 6.45) is 1.68. The predicted molar refractivity (Wildman–Crippen MR) is 70.4 cm³/mol. The minimum atomic E-state index is -0.838. The topological polar surface area (TPSA) is 24.9 Å². The van der Waals surface area contributed by atoms with Gasteiger partial charge in [0.05, 0.1) is 0 Å². The van der Waals surface area contributed by atoms with Crippen LogP contribution in [0.3, 0.4) is 0 Å². The van der Waals surface area contributed by atoms with Gasteiger partial charge in [0.25, 0.3) is 0 Å². The van der Waals surface area contributed by atoms with Crippen LogP contribution in [-0.2, 0) is 6.54 Å². The molecule has 0 spiro atoms. The van der Waals surface area contributed by atoms with Crippen molar-refractivity contribution in [1.29, 1.82) is 0 Å². The summed E-state index contributed by atoms with van der Waals surface area (Å²) >= 11 is 3.33. The van der Waals surface area contributed by atoms with Crippen molar-refractivity contribution in [2.24, 2.45) is 0 Å². The maximum atomic E-state index is 13.0. The summed E-state index contributed by atoms with van der Waals surface area (Å²) in [6, 6.07) is 5.77. The van der Waals surface area contributed by atoms with E-state index in [2.05, 4.69) is 26.2 Å². The zero-order chi connectivity index (χ0) is 13.1. The zero-order valence-corrected chi connectivity index (χ0v) is 11.3. The van der Waals surface area contributed by atoms with Gasteiger partial charge >= 0.3 is 0 Å². The van der Waals surface area contributed by atoms with E-state index < -0.39 is 11.6 Å². The number of aryl methyl sites for hydroxylation is 1. The smallest absolute Gasteiger partial charge is 0.159 e. The van der Waals surface area contributed by atoms with E-state index in [1.165, 1.54) is 6.07 Å². The van der Waals surface area contributed by atoms with Crippen LogP contribution in [0.15, 0.2) is 34.9 Å². The Bertz CT molecular complexity index is 573. The second kappa shape index (κ2) is 5.44. The summed E-state index contributed by atoms with van der Waals surface area (Å²) in [5, 5.41) is 3.08. The molecule has 2 nitrogen and oxygen atoms in total. The van der Waals surface area contributed by atoms with Gasteiger partial charge in [0.15, 0.2) is 11.6 Å². The Labute approximate surface area is 112 Å². The molecule has 0 saturated carbocycles. The third-order valence-electron chi connectivity index (χ3n) is 2.49. The molecule has 0 aliphatic rings. The lowest BCUT2D eigenvalue weighted by molar-refractivity contribution is 0.507. The molecule has 1 aromatic heterocycles. The lowest BCUT2D eigenvalue weighted by Gasteiger charge is -2.09. The highest BCUT2D eigenvalue weighted by Gasteiger charge is 2.04. The summed E-state index contributed by atoms with van der Waals surface area (Å²) in [4.78, 5) is 4.21. The van der Waals surface area contributed by atoms with Crippen LogP contribution in [0.4, 0.5) is 14.6 Å². The third-order valence-corrected chi connectivity index (χ3v) is 2.92. The Morgan fingerprint density at radius 2 is 2.00 bits per heavy atom. The Morgan fingerprint density at radius 1 is 1.22 bits per heavy atom. The number of hydrogen-bond acceptors (Lipinski definition) is 2. The number of anilines is 1. The third kappa shape index (κ3) is 3.04. The van der Waals surface area contributed by atoms with E-state index in [9.17, 15) is 8.78 Å². The first-order valence-corrected chi connectivity index (χ1v) is 6.15. The molecule has 2 rings (SSSR count). The van der Waals surface area contributed by atoms with Crippen molar-refractivity contribution in [3.63, 3.8) is 0 Å². The number of benzene rings is 1. The minimum absolute atomic E-state index is 0.396. The van der Waals surface area contributed by atoms with Crippen LogP contribution in [-0.4, -0.2) is 4.98 Å². The lowest BCUT2D eigenvalue weighted by Crippen LogP contribution is -2.03. The Kier molecular flexibility index (Phi) is 3.91. The van der Waals surface area contributed by atoms with E-state index in [1.54, 1.807) is 12.3 Å². The van der Waals surface area contributed by atoms with Gasteiger partial charge in [-0.2, -0.15) is 0 Å².